The van der Waals surface area contributed by atoms with Crippen LogP contribution in [0.2, 0.25) is 0 Å². The van der Waals surface area contributed by atoms with Gasteiger partial charge in [-0.15, -0.1) is 0 Å². The number of aromatic nitrogens is 4. The second-order valence-electron chi connectivity index (χ2n) is 24.2. The van der Waals surface area contributed by atoms with Gasteiger partial charge in [-0.2, -0.15) is 0 Å². The highest BCUT2D eigenvalue weighted by molar-refractivity contribution is 7.00. The number of benzene rings is 14. The zero-order valence-electron chi connectivity index (χ0n) is 51.2. The molecule has 16 aromatic rings. The van der Waals surface area contributed by atoms with E-state index in [2.05, 4.69) is 324 Å². The maximum atomic E-state index is 5.45. The average Bonchev–Trinajstić information content (AvgIpc) is 0.850. The lowest BCUT2D eigenvalue weighted by Gasteiger charge is -2.45. The van der Waals surface area contributed by atoms with Gasteiger partial charge in [0.1, 0.15) is 0 Å². The number of rotatable bonds is 11. The first kappa shape index (κ1) is 54.5. The Morgan fingerprint density at radius 1 is 0.234 bits per heavy atom. The van der Waals surface area contributed by atoms with E-state index in [9.17, 15) is 0 Å². The van der Waals surface area contributed by atoms with Gasteiger partial charge in [0.2, 0.25) is 0 Å². The Balaban J connectivity index is 0.854. The summed E-state index contributed by atoms with van der Waals surface area (Å²) in [5, 5.41) is 2.29. The van der Waals surface area contributed by atoms with Crippen molar-refractivity contribution < 1.29 is 0 Å². The van der Waals surface area contributed by atoms with Crippen LogP contribution >= 0.6 is 0 Å². The number of fused-ring (bicyclic) bond motifs is 7. The molecule has 94 heavy (non-hydrogen) atoms. The molecule has 2 aromatic heterocycles. The summed E-state index contributed by atoms with van der Waals surface area (Å²) in [6, 6.07) is 125. The van der Waals surface area contributed by atoms with Crippen molar-refractivity contribution in [1.29, 1.82) is 0 Å². The van der Waals surface area contributed by atoms with E-state index in [4.69, 9.17) is 15.0 Å². The second-order valence-corrected chi connectivity index (χ2v) is 24.2. The lowest BCUT2D eigenvalue weighted by Crippen LogP contribution is -2.61. The van der Waals surface area contributed by atoms with Crippen LogP contribution < -0.4 is 26.2 Å². The number of nitrogens with zero attached hydrogens (tertiary/aromatic N) is 6. The van der Waals surface area contributed by atoms with Crippen molar-refractivity contribution in [2.24, 2.45) is 0 Å². The van der Waals surface area contributed by atoms with E-state index in [0.717, 1.165) is 111 Å². The summed E-state index contributed by atoms with van der Waals surface area (Å²) in [6.45, 7) is -0.0131. The van der Waals surface area contributed by atoms with Crippen LogP contribution in [0.4, 0.5) is 34.1 Å². The van der Waals surface area contributed by atoms with Crippen molar-refractivity contribution >= 4 is 79.0 Å². The maximum absolute atomic E-state index is 5.45. The second kappa shape index (κ2) is 22.8. The highest BCUT2D eigenvalue weighted by atomic mass is 15.2. The van der Waals surface area contributed by atoms with Crippen molar-refractivity contribution in [2.45, 2.75) is 0 Å². The van der Waals surface area contributed by atoms with Crippen molar-refractivity contribution in [1.82, 2.24) is 19.5 Å². The van der Waals surface area contributed by atoms with E-state index in [1.807, 2.05) is 36.4 Å². The van der Waals surface area contributed by atoms with Gasteiger partial charge in [0.05, 0.1) is 22.4 Å². The minimum absolute atomic E-state index is 0.0131. The quantitative estimate of drug-likeness (QED) is 0.121. The number of hydrogen-bond donors (Lipinski definition) is 0. The summed E-state index contributed by atoms with van der Waals surface area (Å²) in [7, 11) is 0. The monoisotopic (exact) mass is 1200 g/mol. The van der Waals surface area contributed by atoms with Crippen LogP contribution in [0.25, 0.3) is 117 Å². The zero-order chi connectivity index (χ0) is 62.1. The average molecular weight is 1200 g/mol. The van der Waals surface area contributed by atoms with Crippen LogP contribution in [0.3, 0.4) is 0 Å². The molecule has 0 saturated heterocycles. The van der Waals surface area contributed by atoms with Crippen LogP contribution in [0, 0.1) is 0 Å². The topological polar surface area (TPSA) is 50.1 Å². The summed E-state index contributed by atoms with van der Waals surface area (Å²) in [4.78, 5) is 21.1. The Bertz CT molecular complexity index is 5400. The standard InChI is InChI=1S/C87H57BN6/c1-7-26-58(27-8-1)64-48-51-77-73(56-64)74-57-65(59-28-9-2-10-29-59)49-52-78(74)94(77)83-70(42-25-43-72(83)87-90-85(60-30-11-3-12-31-60)89-86(91-87)61-32-13-4-14-33-61)66-36-23-34-62(54-66)63-35-24-37-67(55-63)71-50-53-81-82-84(71)93(69-40-17-6-18-41-69)80-47-22-20-45-76(80)88(82)75-44-19-21-46-79(75)92(81)68-38-15-5-16-39-68/h1-57H. The van der Waals surface area contributed by atoms with Crippen molar-refractivity contribution in [3.8, 4) is 95.5 Å². The van der Waals surface area contributed by atoms with Crippen LogP contribution in [0.1, 0.15) is 0 Å². The van der Waals surface area contributed by atoms with Crippen LogP contribution in [0.15, 0.2) is 346 Å². The van der Waals surface area contributed by atoms with E-state index in [1.165, 1.54) is 39.1 Å². The summed E-state index contributed by atoms with van der Waals surface area (Å²) < 4.78 is 2.46. The van der Waals surface area contributed by atoms with Crippen LogP contribution in [0.5, 0.6) is 0 Å². The fraction of sp³-hybridized carbons (Fsp3) is 0. The summed E-state index contributed by atoms with van der Waals surface area (Å²) in [6.07, 6.45) is 0. The molecule has 0 aliphatic carbocycles. The molecule has 6 nitrogen and oxygen atoms in total. The third kappa shape index (κ3) is 9.24. The Morgan fingerprint density at radius 2 is 0.617 bits per heavy atom. The van der Waals surface area contributed by atoms with Gasteiger partial charge < -0.3 is 14.4 Å². The largest absolute Gasteiger partial charge is 0.311 e. The molecule has 18 rings (SSSR count). The van der Waals surface area contributed by atoms with Crippen molar-refractivity contribution in [3.63, 3.8) is 0 Å². The van der Waals surface area contributed by atoms with Gasteiger partial charge in [-0.25, -0.2) is 15.0 Å². The number of para-hydroxylation sites is 5. The molecule has 0 fully saturated rings. The predicted octanol–water partition coefficient (Wildman–Crippen LogP) is 20.4. The minimum Gasteiger partial charge on any atom is -0.311 e. The normalized spacial score (nSPS) is 12.2. The van der Waals surface area contributed by atoms with Gasteiger partial charge in [-0.05, 0) is 146 Å². The summed E-state index contributed by atoms with van der Waals surface area (Å²) in [5.41, 5.74) is 27.8. The van der Waals surface area contributed by atoms with Crippen molar-refractivity contribution in [3.05, 3.63) is 346 Å². The molecule has 0 radical (unpaired) electrons. The van der Waals surface area contributed by atoms with Gasteiger partial charge >= 0.3 is 0 Å². The highest BCUT2D eigenvalue weighted by Crippen LogP contribution is 2.49. The molecule has 438 valence electrons. The van der Waals surface area contributed by atoms with E-state index >= 15 is 0 Å². The van der Waals surface area contributed by atoms with Crippen molar-refractivity contribution in [2.75, 3.05) is 9.80 Å². The molecule has 4 heterocycles. The first-order chi connectivity index (χ1) is 46.6. The molecule has 0 N–H and O–H groups in total. The molecular formula is C87H57BN6. The van der Waals surface area contributed by atoms with Gasteiger partial charge in [0.15, 0.2) is 17.5 Å². The molecule has 0 spiro atoms. The minimum atomic E-state index is -0.0131. The molecular weight excluding hydrogens is 1140 g/mol. The molecule has 7 heteroatoms. The molecule has 14 aromatic carbocycles. The lowest BCUT2D eigenvalue weighted by molar-refractivity contribution is 1.06. The van der Waals surface area contributed by atoms with Gasteiger partial charge in [-0.1, -0.05) is 261 Å². The smallest absolute Gasteiger partial charge is 0.252 e. The summed E-state index contributed by atoms with van der Waals surface area (Å²) in [5.74, 6) is 1.77. The predicted molar refractivity (Wildman–Crippen MR) is 392 cm³/mol. The molecule has 2 aliphatic rings. The molecule has 2 aliphatic heterocycles. The molecule has 0 unspecified atom stereocenters. The van der Waals surface area contributed by atoms with E-state index in [1.54, 1.807) is 0 Å². The lowest BCUT2D eigenvalue weighted by atomic mass is 9.33. The molecule has 0 atom stereocenters. The third-order valence-corrected chi connectivity index (χ3v) is 18.8. The van der Waals surface area contributed by atoms with E-state index < -0.39 is 0 Å². The van der Waals surface area contributed by atoms with Gasteiger partial charge in [0.25, 0.3) is 6.71 Å². The first-order valence-electron chi connectivity index (χ1n) is 32.1. The van der Waals surface area contributed by atoms with E-state index in [0.29, 0.717) is 17.5 Å². The molecule has 0 bridgehead atoms. The third-order valence-electron chi connectivity index (χ3n) is 18.8. The van der Waals surface area contributed by atoms with E-state index in [-0.39, 0.29) is 6.71 Å². The van der Waals surface area contributed by atoms with Crippen LogP contribution in [-0.4, -0.2) is 26.2 Å². The fourth-order valence-electron chi connectivity index (χ4n) is 14.6. The van der Waals surface area contributed by atoms with Gasteiger partial charge in [-0.3, -0.25) is 0 Å². The highest BCUT2D eigenvalue weighted by Gasteiger charge is 2.44. The maximum Gasteiger partial charge on any atom is 0.252 e. The number of anilines is 6. The van der Waals surface area contributed by atoms with Gasteiger partial charge in [0, 0.05) is 67.0 Å². The number of hydrogen-bond acceptors (Lipinski definition) is 5. The summed E-state index contributed by atoms with van der Waals surface area (Å²) >= 11 is 0. The SMILES string of the molecule is c1ccc(-c2ccc3c(c2)c2cc(-c4ccccc4)ccc2n3-c2c(-c3cccc(-c4cccc(-c5ccc6c7c5N(c5ccccc5)c5ccccc5B7c5ccccc5N6c5ccccc5)c4)c3)cccc2-c2nc(-c3ccccc3)nc(-c3ccccc3)n2)cc1. The Labute approximate surface area is 546 Å². The molecule has 0 amide bonds. The molecule has 0 saturated carbocycles. The fourth-order valence-corrected chi connectivity index (χ4v) is 14.6. The Kier molecular flexibility index (Phi) is 13.2. The van der Waals surface area contributed by atoms with Crippen LogP contribution in [-0.2, 0) is 0 Å². The zero-order valence-corrected chi connectivity index (χ0v) is 51.2. The Hall–Kier alpha value is -12.4. The first-order valence-corrected chi connectivity index (χ1v) is 32.1. The Morgan fingerprint density at radius 3 is 1.14 bits per heavy atom.